The van der Waals surface area contributed by atoms with Crippen molar-refractivity contribution in [3.63, 3.8) is 0 Å². The molecular weight excluding hydrogens is 114 g/mol. The van der Waals surface area contributed by atoms with Crippen LogP contribution in [0.1, 0.15) is 27.2 Å². The molecule has 0 N–H and O–H groups in total. The summed E-state index contributed by atoms with van der Waals surface area (Å²) in [6, 6.07) is 0.874. The van der Waals surface area contributed by atoms with Crippen LogP contribution in [0.25, 0.3) is 0 Å². The van der Waals surface area contributed by atoms with Crippen molar-refractivity contribution in [3.8, 4) is 0 Å². The molecule has 1 atom stereocenters. The lowest BCUT2D eigenvalue weighted by Crippen LogP contribution is -2.54. The number of amides is 1. The van der Waals surface area contributed by atoms with Crippen LogP contribution in [0.3, 0.4) is 0 Å². The summed E-state index contributed by atoms with van der Waals surface area (Å²) in [6.07, 6.45) is 0.748. The molecule has 1 heterocycles. The molecule has 0 saturated carbocycles. The van der Waals surface area contributed by atoms with Crippen molar-refractivity contribution >= 4 is 5.91 Å². The van der Waals surface area contributed by atoms with Gasteiger partial charge in [0.2, 0.25) is 5.91 Å². The molecule has 1 rings (SSSR count). The molecule has 52 valence electrons. The first kappa shape index (κ1) is 6.59. The quantitative estimate of drug-likeness (QED) is 0.481. The zero-order valence-corrected chi connectivity index (χ0v) is 6.22. The fraction of sp³-hybridized carbons (Fsp3) is 0.857. The van der Waals surface area contributed by atoms with Gasteiger partial charge in [-0.15, -0.1) is 0 Å². The van der Waals surface area contributed by atoms with Gasteiger partial charge in [-0.3, -0.25) is 4.79 Å². The predicted octanol–water partition coefficient (Wildman–Crippen LogP) is 1.02. The average Bonchev–Trinajstić information content (AvgIpc) is 1.62. The SMILES string of the molecule is CC(C)N1C(=O)CC1C. The van der Waals surface area contributed by atoms with E-state index in [1.54, 1.807) is 0 Å². The summed E-state index contributed by atoms with van der Waals surface area (Å²) in [7, 11) is 0. The first-order chi connectivity index (χ1) is 4.13. The third-order valence-electron chi connectivity index (χ3n) is 1.79. The number of carbonyl (C=O) groups is 1. The molecule has 2 nitrogen and oxygen atoms in total. The zero-order valence-electron chi connectivity index (χ0n) is 6.22. The minimum atomic E-state index is 0.303. The highest BCUT2D eigenvalue weighted by Crippen LogP contribution is 2.20. The third-order valence-corrected chi connectivity index (χ3v) is 1.79. The maximum absolute atomic E-state index is 10.8. The molecule has 0 aromatic rings. The lowest BCUT2D eigenvalue weighted by atomic mass is 10.0. The molecule has 1 aliphatic rings. The normalized spacial score (nSPS) is 26.9. The highest BCUT2D eigenvalue weighted by Gasteiger charge is 2.33. The summed E-state index contributed by atoms with van der Waals surface area (Å²) in [5.74, 6) is 0.303. The predicted molar refractivity (Wildman–Crippen MR) is 36.1 cm³/mol. The molecule has 1 aliphatic heterocycles. The molecule has 0 radical (unpaired) electrons. The number of likely N-dealkylation sites (tertiary alicyclic amines) is 1. The molecule has 2 heteroatoms. The number of carbonyl (C=O) groups excluding carboxylic acids is 1. The fourth-order valence-corrected chi connectivity index (χ4v) is 1.39. The average molecular weight is 127 g/mol. The number of β-lactam (4-membered cyclic amide) rings is 1. The van der Waals surface area contributed by atoms with E-state index in [0.717, 1.165) is 6.42 Å². The van der Waals surface area contributed by atoms with Crippen LogP contribution in [0.2, 0.25) is 0 Å². The second kappa shape index (κ2) is 2.01. The first-order valence-corrected chi connectivity index (χ1v) is 3.44. The number of hydrogen-bond donors (Lipinski definition) is 0. The van der Waals surface area contributed by atoms with Crippen molar-refractivity contribution in [2.45, 2.75) is 39.3 Å². The summed E-state index contributed by atoms with van der Waals surface area (Å²) in [4.78, 5) is 12.7. The van der Waals surface area contributed by atoms with E-state index in [0.29, 0.717) is 18.0 Å². The Hall–Kier alpha value is -0.530. The standard InChI is InChI=1S/C7H13NO/c1-5(2)8-6(3)4-7(8)9/h5-6H,4H2,1-3H3. The van der Waals surface area contributed by atoms with Crippen LogP contribution in [-0.2, 0) is 4.79 Å². The number of hydrogen-bond acceptors (Lipinski definition) is 1. The number of nitrogens with zero attached hydrogens (tertiary/aromatic N) is 1. The van der Waals surface area contributed by atoms with Crippen molar-refractivity contribution in [1.29, 1.82) is 0 Å². The largest absolute Gasteiger partial charge is 0.337 e. The molecule has 0 aromatic carbocycles. The maximum Gasteiger partial charge on any atom is 0.225 e. The number of rotatable bonds is 1. The van der Waals surface area contributed by atoms with Gasteiger partial charge in [0.15, 0.2) is 0 Å². The molecule has 0 spiro atoms. The van der Waals surface area contributed by atoms with E-state index in [1.807, 2.05) is 18.7 Å². The molecule has 9 heavy (non-hydrogen) atoms. The molecule has 0 bridgehead atoms. The van der Waals surface area contributed by atoms with E-state index in [-0.39, 0.29) is 0 Å². The Morgan fingerprint density at radius 2 is 2.22 bits per heavy atom. The van der Waals surface area contributed by atoms with Gasteiger partial charge in [-0.1, -0.05) is 0 Å². The van der Waals surface area contributed by atoms with Gasteiger partial charge in [-0.25, -0.2) is 0 Å². The van der Waals surface area contributed by atoms with E-state index in [1.165, 1.54) is 0 Å². The molecule has 0 aliphatic carbocycles. The van der Waals surface area contributed by atoms with E-state index in [2.05, 4.69) is 6.92 Å². The molecule has 1 fully saturated rings. The van der Waals surface area contributed by atoms with E-state index < -0.39 is 0 Å². The molecule has 1 amide bonds. The Morgan fingerprint density at radius 3 is 2.33 bits per heavy atom. The molecule has 1 saturated heterocycles. The van der Waals surface area contributed by atoms with Gasteiger partial charge in [0.05, 0.1) is 0 Å². The van der Waals surface area contributed by atoms with Crippen LogP contribution >= 0.6 is 0 Å². The van der Waals surface area contributed by atoms with Crippen molar-refractivity contribution in [2.24, 2.45) is 0 Å². The Kier molecular flexibility index (Phi) is 1.47. The fourth-order valence-electron chi connectivity index (χ4n) is 1.39. The smallest absolute Gasteiger partial charge is 0.225 e. The molecule has 1 unspecified atom stereocenters. The minimum absolute atomic E-state index is 0.303. The summed E-state index contributed by atoms with van der Waals surface area (Å²) < 4.78 is 0. The van der Waals surface area contributed by atoms with Crippen LogP contribution < -0.4 is 0 Å². The Balaban J connectivity index is 2.49. The first-order valence-electron chi connectivity index (χ1n) is 3.44. The lowest BCUT2D eigenvalue weighted by molar-refractivity contribution is -0.147. The van der Waals surface area contributed by atoms with Crippen LogP contribution in [0.5, 0.6) is 0 Å². The van der Waals surface area contributed by atoms with E-state index in [4.69, 9.17) is 0 Å². The van der Waals surface area contributed by atoms with Gasteiger partial charge in [0.25, 0.3) is 0 Å². The van der Waals surface area contributed by atoms with Crippen molar-refractivity contribution in [1.82, 2.24) is 4.90 Å². The van der Waals surface area contributed by atoms with Crippen molar-refractivity contribution in [3.05, 3.63) is 0 Å². The maximum atomic E-state index is 10.8. The Labute approximate surface area is 55.8 Å². The van der Waals surface area contributed by atoms with Crippen molar-refractivity contribution in [2.75, 3.05) is 0 Å². The topological polar surface area (TPSA) is 20.3 Å². The summed E-state index contributed by atoms with van der Waals surface area (Å²) in [6.45, 7) is 6.18. The van der Waals surface area contributed by atoms with E-state index in [9.17, 15) is 4.79 Å². The van der Waals surface area contributed by atoms with Gasteiger partial charge in [0.1, 0.15) is 0 Å². The third kappa shape index (κ3) is 0.934. The van der Waals surface area contributed by atoms with Crippen LogP contribution in [0.15, 0.2) is 0 Å². The minimum Gasteiger partial charge on any atom is -0.337 e. The second-order valence-corrected chi connectivity index (χ2v) is 2.95. The van der Waals surface area contributed by atoms with E-state index >= 15 is 0 Å². The Bertz CT molecular complexity index is 126. The monoisotopic (exact) mass is 127 g/mol. The summed E-state index contributed by atoms with van der Waals surface area (Å²) in [5.41, 5.74) is 0. The van der Waals surface area contributed by atoms with Crippen LogP contribution in [-0.4, -0.2) is 22.9 Å². The van der Waals surface area contributed by atoms with Gasteiger partial charge in [0, 0.05) is 18.5 Å². The zero-order chi connectivity index (χ0) is 7.02. The van der Waals surface area contributed by atoms with Gasteiger partial charge in [-0.05, 0) is 20.8 Å². The molecule has 0 aromatic heterocycles. The highest BCUT2D eigenvalue weighted by molar-refractivity contribution is 5.83. The second-order valence-electron chi connectivity index (χ2n) is 2.95. The van der Waals surface area contributed by atoms with Gasteiger partial charge < -0.3 is 4.90 Å². The van der Waals surface area contributed by atoms with Gasteiger partial charge >= 0.3 is 0 Å². The highest BCUT2D eigenvalue weighted by atomic mass is 16.2. The van der Waals surface area contributed by atoms with Crippen LogP contribution in [0, 0.1) is 0 Å². The van der Waals surface area contributed by atoms with Gasteiger partial charge in [-0.2, -0.15) is 0 Å². The lowest BCUT2D eigenvalue weighted by Gasteiger charge is -2.41. The summed E-state index contributed by atoms with van der Waals surface area (Å²) in [5, 5.41) is 0. The summed E-state index contributed by atoms with van der Waals surface area (Å²) >= 11 is 0. The molecular formula is C7H13NO. The Morgan fingerprint density at radius 1 is 1.67 bits per heavy atom. The van der Waals surface area contributed by atoms with Crippen molar-refractivity contribution < 1.29 is 4.79 Å². The van der Waals surface area contributed by atoms with Crippen LogP contribution in [0.4, 0.5) is 0 Å².